The third-order valence-electron chi connectivity index (χ3n) is 2.54. The Balaban J connectivity index is 2.25. The summed E-state index contributed by atoms with van der Waals surface area (Å²) in [6, 6.07) is 7.26. The van der Waals surface area contributed by atoms with E-state index in [0.29, 0.717) is 0 Å². The molecule has 1 aliphatic heterocycles. The van der Waals surface area contributed by atoms with Crippen molar-refractivity contribution in [3.05, 3.63) is 29.8 Å². The standard InChI is InChI=1S/C11H12O4/c1-13-9-5-3-8(4-6-9)11(14-2)10(7-12)15-11/h3-7,10H,1-2H3. The molecule has 2 rings (SSSR count). The molecule has 0 N–H and O–H groups in total. The number of methoxy groups -OCH3 is 2. The molecule has 4 heteroatoms. The number of ether oxygens (including phenoxy) is 3. The lowest BCUT2D eigenvalue weighted by Gasteiger charge is -2.10. The van der Waals surface area contributed by atoms with Crippen molar-refractivity contribution >= 4 is 6.29 Å². The van der Waals surface area contributed by atoms with E-state index in [9.17, 15) is 4.79 Å². The Morgan fingerprint density at radius 3 is 2.40 bits per heavy atom. The van der Waals surface area contributed by atoms with Crippen LogP contribution >= 0.6 is 0 Å². The van der Waals surface area contributed by atoms with Gasteiger partial charge >= 0.3 is 0 Å². The molecule has 1 fully saturated rings. The molecule has 1 heterocycles. The molecule has 4 nitrogen and oxygen atoms in total. The van der Waals surface area contributed by atoms with Gasteiger partial charge in [-0.25, -0.2) is 0 Å². The van der Waals surface area contributed by atoms with Gasteiger partial charge in [-0.15, -0.1) is 0 Å². The van der Waals surface area contributed by atoms with Crippen molar-refractivity contribution in [3.63, 3.8) is 0 Å². The van der Waals surface area contributed by atoms with Crippen LogP contribution in [0.3, 0.4) is 0 Å². The summed E-state index contributed by atoms with van der Waals surface area (Å²) in [5.41, 5.74) is 0.822. The molecular formula is C11H12O4. The van der Waals surface area contributed by atoms with Gasteiger partial charge in [-0.1, -0.05) is 0 Å². The second kappa shape index (κ2) is 3.64. The Morgan fingerprint density at radius 2 is 2.00 bits per heavy atom. The zero-order valence-electron chi connectivity index (χ0n) is 8.60. The van der Waals surface area contributed by atoms with Crippen LogP contribution < -0.4 is 4.74 Å². The van der Waals surface area contributed by atoms with Gasteiger partial charge in [0.1, 0.15) is 5.75 Å². The molecule has 1 aromatic rings. The van der Waals surface area contributed by atoms with Crippen molar-refractivity contribution in [2.45, 2.75) is 11.9 Å². The summed E-state index contributed by atoms with van der Waals surface area (Å²) in [4.78, 5) is 10.6. The number of hydrogen-bond acceptors (Lipinski definition) is 4. The molecule has 80 valence electrons. The number of carbonyl (C=O) groups excluding carboxylic acids is 1. The van der Waals surface area contributed by atoms with Crippen LogP contribution in [0.1, 0.15) is 5.56 Å². The third kappa shape index (κ3) is 1.52. The van der Waals surface area contributed by atoms with Crippen molar-refractivity contribution in [1.82, 2.24) is 0 Å². The minimum atomic E-state index is -0.881. The molecule has 0 spiro atoms. The topological polar surface area (TPSA) is 48.1 Å². The zero-order valence-corrected chi connectivity index (χ0v) is 8.60. The monoisotopic (exact) mass is 208 g/mol. The second-order valence-electron chi connectivity index (χ2n) is 3.27. The molecule has 1 saturated heterocycles. The molecule has 2 atom stereocenters. The van der Waals surface area contributed by atoms with Crippen molar-refractivity contribution < 1.29 is 19.0 Å². The fourth-order valence-electron chi connectivity index (χ4n) is 1.61. The van der Waals surface area contributed by atoms with E-state index in [0.717, 1.165) is 17.6 Å². The minimum Gasteiger partial charge on any atom is -0.497 e. The Hall–Kier alpha value is -1.39. The van der Waals surface area contributed by atoms with Gasteiger partial charge in [-0.2, -0.15) is 0 Å². The van der Waals surface area contributed by atoms with Gasteiger partial charge in [0.2, 0.25) is 5.79 Å². The van der Waals surface area contributed by atoms with E-state index in [4.69, 9.17) is 14.2 Å². The van der Waals surface area contributed by atoms with Gasteiger partial charge in [0.25, 0.3) is 0 Å². The molecule has 15 heavy (non-hydrogen) atoms. The van der Waals surface area contributed by atoms with Crippen LogP contribution in [0.25, 0.3) is 0 Å². The Kier molecular flexibility index (Phi) is 2.46. The summed E-state index contributed by atoms with van der Waals surface area (Å²) in [6.07, 6.45) is 0.240. The molecule has 2 unspecified atom stereocenters. The molecule has 0 amide bonds. The highest BCUT2D eigenvalue weighted by atomic mass is 16.8. The van der Waals surface area contributed by atoms with Crippen LogP contribution in [-0.4, -0.2) is 26.6 Å². The number of carbonyl (C=O) groups is 1. The summed E-state index contributed by atoms with van der Waals surface area (Å²) in [7, 11) is 3.12. The van der Waals surface area contributed by atoms with Crippen molar-refractivity contribution in [3.8, 4) is 5.75 Å². The number of rotatable bonds is 4. The molecule has 1 aromatic carbocycles. The van der Waals surface area contributed by atoms with E-state index >= 15 is 0 Å². The van der Waals surface area contributed by atoms with Crippen LogP contribution in [0.2, 0.25) is 0 Å². The highest BCUT2D eigenvalue weighted by Gasteiger charge is 2.59. The summed E-state index contributed by atoms with van der Waals surface area (Å²) in [5.74, 6) is -0.123. The molecule has 0 radical (unpaired) electrons. The molecule has 0 aliphatic carbocycles. The third-order valence-corrected chi connectivity index (χ3v) is 2.54. The molecule has 1 aliphatic rings. The average Bonchev–Trinajstić information content (AvgIpc) is 3.04. The fraction of sp³-hybridized carbons (Fsp3) is 0.364. The Bertz CT molecular complexity index is 359. The van der Waals surface area contributed by atoms with E-state index < -0.39 is 11.9 Å². The normalized spacial score (nSPS) is 28.5. The van der Waals surface area contributed by atoms with Crippen LogP contribution in [0.15, 0.2) is 24.3 Å². The van der Waals surface area contributed by atoms with Crippen molar-refractivity contribution in [1.29, 1.82) is 0 Å². The van der Waals surface area contributed by atoms with E-state index in [1.165, 1.54) is 7.11 Å². The van der Waals surface area contributed by atoms with Gasteiger partial charge in [0.05, 0.1) is 7.11 Å². The van der Waals surface area contributed by atoms with Crippen LogP contribution in [0.5, 0.6) is 5.75 Å². The highest BCUT2D eigenvalue weighted by Crippen LogP contribution is 2.45. The molecule has 0 bridgehead atoms. The first-order chi connectivity index (χ1) is 7.26. The first-order valence-corrected chi connectivity index (χ1v) is 4.59. The predicted molar refractivity (Wildman–Crippen MR) is 52.6 cm³/mol. The maximum atomic E-state index is 10.6. The number of aldehydes is 1. The SMILES string of the molecule is COc1ccc(C2(OC)OC2C=O)cc1. The van der Waals surface area contributed by atoms with Gasteiger partial charge < -0.3 is 19.0 Å². The summed E-state index contributed by atoms with van der Waals surface area (Å²) in [5, 5.41) is 0. The van der Waals surface area contributed by atoms with Crippen LogP contribution in [0, 0.1) is 0 Å². The van der Waals surface area contributed by atoms with Crippen LogP contribution in [0.4, 0.5) is 0 Å². The Labute approximate surface area is 87.8 Å². The Morgan fingerprint density at radius 1 is 1.33 bits per heavy atom. The zero-order chi connectivity index (χ0) is 10.9. The number of epoxide rings is 1. The maximum absolute atomic E-state index is 10.6. The van der Waals surface area contributed by atoms with Crippen LogP contribution in [-0.2, 0) is 20.1 Å². The highest BCUT2D eigenvalue weighted by molar-refractivity contribution is 5.63. The number of hydrogen-bond donors (Lipinski definition) is 0. The predicted octanol–water partition coefficient (Wildman–Crippen LogP) is 1.09. The summed E-state index contributed by atoms with van der Waals surface area (Å²) < 4.78 is 15.5. The smallest absolute Gasteiger partial charge is 0.229 e. The lowest BCUT2D eigenvalue weighted by molar-refractivity contribution is -0.109. The van der Waals surface area contributed by atoms with Gasteiger partial charge in [-0.05, 0) is 24.3 Å². The molecule has 0 aromatic heterocycles. The summed E-state index contributed by atoms with van der Waals surface area (Å²) in [6.45, 7) is 0. The first-order valence-electron chi connectivity index (χ1n) is 4.59. The van der Waals surface area contributed by atoms with Gasteiger partial charge in [0.15, 0.2) is 12.4 Å². The van der Waals surface area contributed by atoms with Gasteiger partial charge in [-0.3, -0.25) is 0 Å². The van der Waals surface area contributed by atoms with Crippen molar-refractivity contribution in [2.24, 2.45) is 0 Å². The quantitative estimate of drug-likeness (QED) is 0.549. The molecule has 0 saturated carbocycles. The van der Waals surface area contributed by atoms with Gasteiger partial charge in [0, 0.05) is 12.7 Å². The van der Waals surface area contributed by atoms with Crippen molar-refractivity contribution in [2.75, 3.05) is 14.2 Å². The maximum Gasteiger partial charge on any atom is 0.229 e. The summed E-state index contributed by atoms with van der Waals surface area (Å²) >= 11 is 0. The van der Waals surface area contributed by atoms with E-state index in [1.807, 2.05) is 12.1 Å². The van der Waals surface area contributed by atoms with E-state index in [1.54, 1.807) is 19.2 Å². The largest absolute Gasteiger partial charge is 0.497 e. The second-order valence-corrected chi connectivity index (χ2v) is 3.27. The molecular weight excluding hydrogens is 196 g/mol. The lowest BCUT2D eigenvalue weighted by atomic mass is 10.1. The number of benzene rings is 1. The minimum absolute atomic E-state index is 0.504. The fourth-order valence-corrected chi connectivity index (χ4v) is 1.61. The first kappa shape index (κ1) is 10.1. The lowest BCUT2D eigenvalue weighted by Crippen LogP contribution is -2.15. The average molecular weight is 208 g/mol. The van der Waals surface area contributed by atoms with E-state index in [2.05, 4.69) is 0 Å². The van der Waals surface area contributed by atoms with E-state index in [-0.39, 0.29) is 0 Å².